The van der Waals surface area contributed by atoms with E-state index in [9.17, 15) is 0 Å². The zero-order valence-corrected chi connectivity index (χ0v) is 11.5. The standard InChI is InChI=1S/C12H26N2OS/c1-3-15-10-4-7-14-8-5-12(11-13,16-2)6-9-14/h3-11,13H2,1-2H3. The molecule has 2 N–H and O–H groups in total. The van der Waals surface area contributed by atoms with Crippen molar-refractivity contribution in [2.24, 2.45) is 5.73 Å². The van der Waals surface area contributed by atoms with E-state index in [4.69, 9.17) is 10.5 Å². The van der Waals surface area contributed by atoms with E-state index in [1.807, 2.05) is 11.8 Å². The van der Waals surface area contributed by atoms with Gasteiger partial charge in [0.25, 0.3) is 0 Å². The van der Waals surface area contributed by atoms with Crippen molar-refractivity contribution in [3.05, 3.63) is 0 Å². The van der Waals surface area contributed by atoms with Crippen molar-refractivity contribution < 1.29 is 4.74 Å². The summed E-state index contributed by atoms with van der Waals surface area (Å²) in [6.07, 6.45) is 5.82. The maximum absolute atomic E-state index is 5.87. The van der Waals surface area contributed by atoms with Crippen LogP contribution in [0.4, 0.5) is 0 Å². The van der Waals surface area contributed by atoms with Crippen LogP contribution in [0.1, 0.15) is 26.2 Å². The number of thioether (sulfide) groups is 1. The fourth-order valence-electron chi connectivity index (χ4n) is 2.21. The van der Waals surface area contributed by atoms with Crippen LogP contribution in [0.25, 0.3) is 0 Å². The summed E-state index contributed by atoms with van der Waals surface area (Å²) in [6.45, 7) is 8.18. The Hall–Kier alpha value is 0.230. The summed E-state index contributed by atoms with van der Waals surface area (Å²) in [5.41, 5.74) is 5.87. The molecule has 3 nitrogen and oxygen atoms in total. The molecule has 0 bridgehead atoms. The average molecular weight is 246 g/mol. The first-order chi connectivity index (χ1) is 7.76. The van der Waals surface area contributed by atoms with Crippen molar-refractivity contribution in [2.75, 3.05) is 45.6 Å². The molecule has 96 valence electrons. The van der Waals surface area contributed by atoms with Crippen LogP contribution in [0.3, 0.4) is 0 Å². The third kappa shape index (κ3) is 4.24. The van der Waals surface area contributed by atoms with Gasteiger partial charge in [-0.2, -0.15) is 11.8 Å². The van der Waals surface area contributed by atoms with Gasteiger partial charge >= 0.3 is 0 Å². The average Bonchev–Trinajstić information content (AvgIpc) is 2.36. The maximum atomic E-state index is 5.87. The first kappa shape index (κ1) is 14.3. The Morgan fingerprint density at radius 2 is 2.06 bits per heavy atom. The fraction of sp³-hybridized carbons (Fsp3) is 1.00. The van der Waals surface area contributed by atoms with Crippen molar-refractivity contribution in [2.45, 2.75) is 30.9 Å². The van der Waals surface area contributed by atoms with Gasteiger partial charge in [0.05, 0.1) is 0 Å². The molecule has 1 saturated heterocycles. The molecule has 0 saturated carbocycles. The van der Waals surface area contributed by atoms with Crippen molar-refractivity contribution in [1.29, 1.82) is 0 Å². The first-order valence-electron chi connectivity index (χ1n) is 6.31. The number of ether oxygens (including phenoxy) is 1. The highest BCUT2D eigenvalue weighted by Crippen LogP contribution is 2.33. The van der Waals surface area contributed by atoms with Gasteiger partial charge in [-0.05, 0) is 45.5 Å². The van der Waals surface area contributed by atoms with Gasteiger partial charge in [-0.3, -0.25) is 0 Å². The van der Waals surface area contributed by atoms with Crippen LogP contribution in [0.2, 0.25) is 0 Å². The summed E-state index contributed by atoms with van der Waals surface area (Å²) < 4.78 is 5.71. The number of rotatable bonds is 7. The van der Waals surface area contributed by atoms with Gasteiger partial charge in [0.2, 0.25) is 0 Å². The Morgan fingerprint density at radius 3 is 2.56 bits per heavy atom. The van der Waals surface area contributed by atoms with Crippen molar-refractivity contribution >= 4 is 11.8 Å². The molecular formula is C12H26N2OS. The summed E-state index contributed by atoms with van der Waals surface area (Å²) in [6, 6.07) is 0. The minimum Gasteiger partial charge on any atom is -0.382 e. The molecule has 1 aliphatic heterocycles. The number of nitrogens with two attached hydrogens (primary N) is 1. The Bertz CT molecular complexity index is 176. The highest BCUT2D eigenvalue weighted by atomic mass is 32.2. The number of likely N-dealkylation sites (tertiary alicyclic amines) is 1. The number of nitrogens with zero attached hydrogens (tertiary/aromatic N) is 1. The quantitative estimate of drug-likeness (QED) is 0.692. The zero-order valence-electron chi connectivity index (χ0n) is 10.7. The molecule has 0 radical (unpaired) electrons. The van der Waals surface area contributed by atoms with Gasteiger partial charge in [-0.1, -0.05) is 0 Å². The van der Waals surface area contributed by atoms with Crippen molar-refractivity contribution in [3.8, 4) is 0 Å². The second kappa shape index (κ2) is 7.54. The Labute approximate surface area is 104 Å². The highest BCUT2D eigenvalue weighted by molar-refractivity contribution is 8.00. The molecule has 0 aliphatic carbocycles. The Kier molecular flexibility index (Phi) is 6.73. The summed E-state index contributed by atoms with van der Waals surface area (Å²) >= 11 is 1.95. The van der Waals surface area contributed by atoms with Crippen LogP contribution in [0, 0.1) is 0 Å². The van der Waals surface area contributed by atoms with Gasteiger partial charge in [0.15, 0.2) is 0 Å². The van der Waals surface area contributed by atoms with Crippen LogP contribution in [0.5, 0.6) is 0 Å². The highest BCUT2D eigenvalue weighted by Gasteiger charge is 2.32. The van der Waals surface area contributed by atoms with Gasteiger partial charge in [-0.25, -0.2) is 0 Å². The van der Waals surface area contributed by atoms with E-state index < -0.39 is 0 Å². The monoisotopic (exact) mass is 246 g/mol. The predicted molar refractivity (Wildman–Crippen MR) is 72.1 cm³/mol. The molecule has 16 heavy (non-hydrogen) atoms. The van der Waals surface area contributed by atoms with Gasteiger partial charge in [0.1, 0.15) is 0 Å². The smallest absolute Gasteiger partial charge is 0.0478 e. The zero-order chi connectivity index (χ0) is 11.9. The maximum Gasteiger partial charge on any atom is 0.0478 e. The van der Waals surface area contributed by atoms with E-state index in [0.717, 1.165) is 26.2 Å². The van der Waals surface area contributed by atoms with Crippen LogP contribution in [-0.2, 0) is 4.74 Å². The van der Waals surface area contributed by atoms with E-state index in [1.54, 1.807) is 0 Å². The van der Waals surface area contributed by atoms with Crippen molar-refractivity contribution in [1.82, 2.24) is 4.90 Å². The van der Waals surface area contributed by atoms with E-state index in [0.29, 0.717) is 4.75 Å². The molecular weight excluding hydrogens is 220 g/mol. The molecule has 0 aromatic carbocycles. The molecule has 0 unspecified atom stereocenters. The predicted octanol–water partition coefficient (Wildman–Crippen LogP) is 1.57. The second-order valence-corrected chi connectivity index (χ2v) is 5.76. The SMILES string of the molecule is CCOCCCN1CCC(CN)(SC)CC1. The molecule has 0 amide bonds. The van der Waals surface area contributed by atoms with Crippen LogP contribution < -0.4 is 5.73 Å². The fourth-order valence-corrected chi connectivity index (χ4v) is 2.97. The van der Waals surface area contributed by atoms with Gasteiger partial charge in [0, 0.05) is 31.1 Å². The topological polar surface area (TPSA) is 38.5 Å². The summed E-state index contributed by atoms with van der Waals surface area (Å²) in [4.78, 5) is 2.54. The Morgan fingerprint density at radius 1 is 1.38 bits per heavy atom. The lowest BCUT2D eigenvalue weighted by Crippen LogP contribution is -2.46. The molecule has 1 fully saturated rings. The van der Waals surface area contributed by atoms with Crippen molar-refractivity contribution in [3.63, 3.8) is 0 Å². The van der Waals surface area contributed by atoms with Crippen LogP contribution >= 0.6 is 11.8 Å². The summed E-state index contributed by atoms with van der Waals surface area (Å²) in [5.74, 6) is 0. The first-order valence-corrected chi connectivity index (χ1v) is 7.54. The van der Waals surface area contributed by atoms with E-state index >= 15 is 0 Å². The molecule has 0 aromatic heterocycles. The summed E-state index contributed by atoms with van der Waals surface area (Å²) in [7, 11) is 0. The third-order valence-corrected chi connectivity index (χ3v) is 4.98. The lowest BCUT2D eigenvalue weighted by atomic mass is 9.96. The molecule has 1 aliphatic rings. The lowest BCUT2D eigenvalue weighted by molar-refractivity contribution is 0.124. The van der Waals surface area contributed by atoms with E-state index in [-0.39, 0.29) is 0 Å². The van der Waals surface area contributed by atoms with Gasteiger partial charge < -0.3 is 15.4 Å². The van der Waals surface area contributed by atoms with E-state index in [2.05, 4.69) is 18.1 Å². The van der Waals surface area contributed by atoms with Crippen LogP contribution in [-0.4, -0.2) is 55.3 Å². The molecule has 0 atom stereocenters. The minimum atomic E-state index is 0.358. The molecule has 1 heterocycles. The minimum absolute atomic E-state index is 0.358. The summed E-state index contributed by atoms with van der Waals surface area (Å²) in [5, 5.41) is 0. The lowest BCUT2D eigenvalue weighted by Gasteiger charge is -2.40. The number of piperidine rings is 1. The normalized spacial score (nSPS) is 21.2. The second-order valence-electron chi connectivity index (χ2n) is 4.48. The largest absolute Gasteiger partial charge is 0.382 e. The molecule has 0 spiro atoms. The number of hydrogen-bond acceptors (Lipinski definition) is 4. The Balaban J connectivity index is 2.16. The van der Waals surface area contributed by atoms with Gasteiger partial charge in [-0.15, -0.1) is 0 Å². The number of hydrogen-bond donors (Lipinski definition) is 1. The molecule has 1 rings (SSSR count). The molecule has 0 aromatic rings. The van der Waals surface area contributed by atoms with Crippen LogP contribution in [0.15, 0.2) is 0 Å². The third-order valence-electron chi connectivity index (χ3n) is 3.54. The molecule has 4 heteroatoms. The van der Waals surface area contributed by atoms with E-state index in [1.165, 1.54) is 32.5 Å².